The molecular formula is C40H50N6O6S. The third-order valence-electron chi connectivity index (χ3n) is 9.41. The van der Waals surface area contributed by atoms with Crippen LogP contribution in [0.4, 0.5) is 4.79 Å². The van der Waals surface area contributed by atoms with Gasteiger partial charge in [0.15, 0.2) is 0 Å². The van der Waals surface area contributed by atoms with Crippen molar-refractivity contribution >= 4 is 32.9 Å². The number of rotatable bonds is 16. The van der Waals surface area contributed by atoms with Gasteiger partial charge in [0.05, 0.1) is 22.6 Å². The Balaban J connectivity index is 1.38. The van der Waals surface area contributed by atoms with Crippen LogP contribution in [0, 0.1) is 16.2 Å². The summed E-state index contributed by atoms with van der Waals surface area (Å²) >= 11 is 0. The molecule has 13 heteroatoms. The van der Waals surface area contributed by atoms with Crippen molar-refractivity contribution in [2.45, 2.75) is 77.2 Å². The van der Waals surface area contributed by atoms with E-state index in [0.29, 0.717) is 25.2 Å². The lowest BCUT2D eigenvalue weighted by Crippen LogP contribution is -2.59. The fourth-order valence-corrected chi connectivity index (χ4v) is 8.46. The van der Waals surface area contributed by atoms with E-state index >= 15 is 0 Å². The SMILES string of the molecule is CC(C)CN(C[C@@H](O)[C@H](Cc1ccccc1)NC(=O)[C@@H](N1CCN(Cc2ccc3cccnc3c2)C1=O)C(C)(C)C)S(=O)(=O)c1ccc(CN=O)cc1. The summed E-state index contributed by atoms with van der Waals surface area (Å²) in [6, 6.07) is 23.1. The van der Waals surface area contributed by atoms with E-state index in [1.165, 1.54) is 16.4 Å². The van der Waals surface area contributed by atoms with Crippen LogP contribution in [0.15, 0.2) is 101 Å². The maximum absolute atomic E-state index is 14.4. The largest absolute Gasteiger partial charge is 0.390 e. The van der Waals surface area contributed by atoms with Gasteiger partial charge in [-0.05, 0) is 58.7 Å². The van der Waals surface area contributed by atoms with Gasteiger partial charge >= 0.3 is 6.03 Å². The van der Waals surface area contributed by atoms with Crippen LogP contribution in [0.2, 0.25) is 0 Å². The number of carbonyl (C=O) groups excluding carboxylic acids is 2. The van der Waals surface area contributed by atoms with Gasteiger partial charge in [-0.1, -0.05) is 100 Å². The van der Waals surface area contributed by atoms with Gasteiger partial charge in [0.2, 0.25) is 15.9 Å². The maximum Gasteiger partial charge on any atom is 0.321 e. The molecule has 0 spiro atoms. The van der Waals surface area contributed by atoms with E-state index in [1.54, 1.807) is 28.1 Å². The topological polar surface area (TPSA) is 153 Å². The van der Waals surface area contributed by atoms with E-state index < -0.39 is 39.5 Å². The molecule has 4 aromatic rings. The van der Waals surface area contributed by atoms with Crippen molar-refractivity contribution in [2.24, 2.45) is 16.5 Å². The van der Waals surface area contributed by atoms with E-state index in [4.69, 9.17) is 0 Å². The summed E-state index contributed by atoms with van der Waals surface area (Å²) in [5.74, 6) is -0.502. The average molecular weight is 743 g/mol. The first-order valence-corrected chi connectivity index (χ1v) is 19.4. The average Bonchev–Trinajstić information content (AvgIpc) is 3.45. The number of benzene rings is 3. The molecule has 282 valence electrons. The molecule has 3 atom stereocenters. The van der Waals surface area contributed by atoms with Crippen LogP contribution >= 0.6 is 0 Å². The van der Waals surface area contributed by atoms with Crippen molar-refractivity contribution in [3.8, 4) is 0 Å². The summed E-state index contributed by atoms with van der Waals surface area (Å²) in [6.45, 7) is 10.4. The Morgan fingerprint density at radius 3 is 2.30 bits per heavy atom. The number of nitrogens with zero attached hydrogens (tertiary/aromatic N) is 5. The highest BCUT2D eigenvalue weighted by atomic mass is 32.2. The molecule has 3 aromatic carbocycles. The van der Waals surface area contributed by atoms with Gasteiger partial charge in [0, 0.05) is 44.3 Å². The van der Waals surface area contributed by atoms with Crippen molar-refractivity contribution in [1.82, 2.24) is 24.4 Å². The first-order valence-electron chi connectivity index (χ1n) is 18.0. The number of fused-ring (bicyclic) bond motifs is 1. The minimum absolute atomic E-state index is 0.0218. The monoisotopic (exact) mass is 742 g/mol. The number of urea groups is 1. The summed E-state index contributed by atoms with van der Waals surface area (Å²) in [4.78, 5) is 46.9. The van der Waals surface area contributed by atoms with Gasteiger partial charge in [0.1, 0.15) is 12.6 Å². The number of nitrogens with one attached hydrogen (secondary N) is 1. The molecule has 1 aromatic heterocycles. The fraction of sp³-hybridized carbons (Fsp3) is 0.425. The van der Waals surface area contributed by atoms with E-state index in [9.17, 15) is 28.0 Å². The molecule has 0 aliphatic carbocycles. The summed E-state index contributed by atoms with van der Waals surface area (Å²) in [6.07, 6.45) is 0.654. The standard InChI is InChI=1S/C40H50N6O6S/c1-28(2)25-45(53(51,52)33-17-14-30(15-18-33)24-42-50)27-36(47)35(22-29-10-7-6-8-11-29)43-38(48)37(40(3,4)5)46-21-20-44(39(46)49)26-31-13-16-32-12-9-19-41-34(32)23-31/h6-19,23,28,35-37,47H,20-22,24-27H2,1-5H3,(H,43,48)/t35-,36+,37+/m0/s1. The maximum atomic E-state index is 14.4. The third-order valence-corrected chi connectivity index (χ3v) is 11.3. The second-order valence-electron chi connectivity index (χ2n) is 15.2. The highest BCUT2D eigenvalue weighted by Crippen LogP contribution is 2.29. The Kier molecular flexibility index (Phi) is 12.6. The molecule has 5 rings (SSSR count). The van der Waals surface area contributed by atoms with Crippen LogP contribution in [0.1, 0.15) is 51.3 Å². The molecule has 3 amide bonds. The van der Waals surface area contributed by atoms with Gasteiger partial charge in [0.25, 0.3) is 0 Å². The second kappa shape index (κ2) is 17.0. The van der Waals surface area contributed by atoms with Crippen LogP contribution in [0.25, 0.3) is 10.9 Å². The summed E-state index contributed by atoms with van der Waals surface area (Å²) in [5.41, 5.74) is 2.52. The van der Waals surface area contributed by atoms with E-state index in [2.05, 4.69) is 15.5 Å². The Morgan fingerprint density at radius 2 is 1.64 bits per heavy atom. The summed E-state index contributed by atoms with van der Waals surface area (Å²) in [7, 11) is -4.07. The smallest absolute Gasteiger partial charge is 0.321 e. The van der Waals surface area contributed by atoms with Gasteiger partial charge in [-0.2, -0.15) is 9.21 Å². The quantitative estimate of drug-likeness (QED) is 0.142. The van der Waals surface area contributed by atoms with Crippen LogP contribution in [-0.2, 0) is 34.3 Å². The Morgan fingerprint density at radius 1 is 0.943 bits per heavy atom. The zero-order valence-electron chi connectivity index (χ0n) is 31.1. The van der Waals surface area contributed by atoms with Crippen LogP contribution in [-0.4, -0.2) is 88.9 Å². The van der Waals surface area contributed by atoms with E-state index in [1.807, 2.05) is 95.3 Å². The van der Waals surface area contributed by atoms with Crippen molar-refractivity contribution in [3.05, 3.63) is 113 Å². The number of hydrogen-bond acceptors (Lipinski definition) is 8. The summed E-state index contributed by atoms with van der Waals surface area (Å²) in [5, 5.41) is 18.8. The minimum atomic E-state index is -4.07. The molecule has 53 heavy (non-hydrogen) atoms. The minimum Gasteiger partial charge on any atom is -0.390 e. The lowest BCUT2D eigenvalue weighted by molar-refractivity contribution is -0.130. The van der Waals surface area contributed by atoms with Gasteiger partial charge < -0.3 is 20.2 Å². The Hall–Kier alpha value is -4.72. The number of aliphatic hydroxyl groups excluding tert-OH is 1. The highest BCUT2D eigenvalue weighted by molar-refractivity contribution is 7.89. The number of hydrogen-bond donors (Lipinski definition) is 2. The van der Waals surface area contributed by atoms with Crippen molar-refractivity contribution < 1.29 is 23.1 Å². The molecule has 0 radical (unpaired) electrons. The second-order valence-corrected chi connectivity index (χ2v) is 17.2. The predicted octanol–water partition coefficient (Wildman–Crippen LogP) is 5.59. The normalized spacial score (nSPS) is 15.6. The Bertz CT molecular complexity index is 1980. The molecule has 1 aliphatic rings. The van der Waals surface area contributed by atoms with Crippen molar-refractivity contribution in [1.29, 1.82) is 0 Å². The number of carbonyl (C=O) groups is 2. The zero-order valence-corrected chi connectivity index (χ0v) is 31.9. The van der Waals surface area contributed by atoms with Crippen molar-refractivity contribution in [3.63, 3.8) is 0 Å². The predicted molar refractivity (Wildman–Crippen MR) is 205 cm³/mol. The summed E-state index contributed by atoms with van der Waals surface area (Å²) < 4.78 is 29.1. The molecule has 0 unspecified atom stereocenters. The molecule has 2 N–H and O–H groups in total. The Labute approximate surface area is 312 Å². The van der Waals surface area contributed by atoms with Gasteiger partial charge in [-0.25, -0.2) is 13.2 Å². The molecule has 12 nitrogen and oxygen atoms in total. The highest BCUT2D eigenvalue weighted by Gasteiger charge is 2.44. The van der Waals surface area contributed by atoms with Gasteiger partial charge in [-0.15, -0.1) is 0 Å². The zero-order chi connectivity index (χ0) is 38.3. The molecular weight excluding hydrogens is 693 g/mol. The molecule has 0 bridgehead atoms. The first-order chi connectivity index (χ1) is 25.2. The third kappa shape index (κ3) is 9.83. The molecule has 1 saturated heterocycles. The number of sulfonamides is 1. The fourth-order valence-electron chi connectivity index (χ4n) is 6.84. The first kappa shape index (κ1) is 39.5. The van der Waals surface area contributed by atoms with Gasteiger partial charge in [-0.3, -0.25) is 9.78 Å². The van der Waals surface area contributed by atoms with Crippen LogP contribution in [0.5, 0.6) is 0 Å². The lowest BCUT2D eigenvalue weighted by Gasteiger charge is -2.38. The van der Waals surface area contributed by atoms with Crippen molar-refractivity contribution in [2.75, 3.05) is 26.2 Å². The van der Waals surface area contributed by atoms with Crippen LogP contribution < -0.4 is 5.32 Å². The van der Waals surface area contributed by atoms with E-state index in [0.717, 1.165) is 22.0 Å². The van der Waals surface area contributed by atoms with Crippen LogP contribution in [0.3, 0.4) is 0 Å². The molecule has 2 heterocycles. The number of nitroso groups, excluding NO2 is 1. The van der Waals surface area contributed by atoms with E-state index in [-0.39, 0.29) is 42.9 Å². The molecule has 1 aliphatic heterocycles. The number of pyridine rings is 1. The number of aliphatic hydroxyl groups is 1. The lowest BCUT2D eigenvalue weighted by atomic mass is 9.84. The number of amides is 3. The molecule has 1 fully saturated rings. The number of aromatic nitrogens is 1. The molecule has 0 saturated carbocycles.